The van der Waals surface area contributed by atoms with Gasteiger partial charge in [0.05, 0.1) is 11.9 Å². The van der Waals surface area contributed by atoms with Gasteiger partial charge in [-0.15, -0.1) is 0 Å². The molecular formula is C16H18F2N2O3. The number of benzene rings is 1. The minimum absolute atomic E-state index is 0.123. The minimum Gasteiger partial charge on any atom is -0.377 e. The third kappa shape index (κ3) is 3.91. The van der Waals surface area contributed by atoms with E-state index in [2.05, 4.69) is 10.3 Å². The first kappa shape index (κ1) is 17.1. The van der Waals surface area contributed by atoms with Crippen molar-refractivity contribution in [2.75, 3.05) is 0 Å². The van der Waals surface area contributed by atoms with Crippen LogP contribution in [0.1, 0.15) is 39.7 Å². The number of hydrogen-bond acceptors (Lipinski definition) is 5. The molecule has 0 amide bonds. The summed E-state index contributed by atoms with van der Waals surface area (Å²) < 4.78 is 26.4. The number of carbonyl (C=O) groups is 1. The highest BCUT2D eigenvalue weighted by atomic mass is 19.1. The second kappa shape index (κ2) is 6.06. The fourth-order valence-electron chi connectivity index (χ4n) is 1.89. The molecule has 1 aliphatic rings. The molecule has 0 aliphatic carbocycles. The summed E-state index contributed by atoms with van der Waals surface area (Å²) in [7, 11) is 0. The Kier molecular flexibility index (Phi) is 4.49. The van der Waals surface area contributed by atoms with E-state index in [0.29, 0.717) is 0 Å². The Morgan fingerprint density at radius 1 is 1.43 bits per heavy atom. The molecule has 5 nitrogen and oxygen atoms in total. The molecule has 1 aromatic rings. The van der Waals surface area contributed by atoms with Crippen LogP contribution in [0.4, 0.5) is 8.78 Å². The van der Waals surface area contributed by atoms with Crippen LogP contribution in [0.3, 0.4) is 0 Å². The van der Waals surface area contributed by atoms with Crippen molar-refractivity contribution in [3.05, 3.63) is 35.4 Å². The van der Waals surface area contributed by atoms with E-state index in [1.165, 1.54) is 6.92 Å². The van der Waals surface area contributed by atoms with Crippen LogP contribution in [0.2, 0.25) is 0 Å². The molecule has 1 heterocycles. The summed E-state index contributed by atoms with van der Waals surface area (Å²) in [6.45, 7) is 7.40. The van der Waals surface area contributed by atoms with Crippen LogP contribution in [-0.2, 0) is 14.5 Å². The van der Waals surface area contributed by atoms with E-state index in [0.717, 1.165) is 30.1 Å². The quantitative estimate of drug-likeness (QED) is 0.486. The molecule has 2 rings (SSSR count). The predicted molar refractivity (Wildman–Crippen MR) is 81.0 cm³/mol. The number of rotatable bonds is 3. The number of nitrogens with zero attached hydrogens (tertiary/aromatic N) is 2. The average molecular weight is 324 g/mol. The summed E-state index contributed by atoms with van der Waals surface area (Å²) in [5.74, 6) is -2.05. The Balaban J connectivity index is 2.00. The molecule has 1 unspecified atom stereocenters. The monoisotopic (exact) mass is 324 g/mol. The molecule has 1 atom stereocenters. The molecule has 0 aromatic heterocycles. The van der Waals surface area contributed by atoms with Crippen LogP contribution < -0.4 is 0 Å². The maximum atomic E-state index is 13.4. The smallest absolute Gasteiger partial charge is 0.377 e. The number of carbonyl (C=O) groups excluding carboxylic acids is 1. The molecule has 7 heteroatoms. The van der Waals surface area contributed by atoms with E-state index in [9.17, 15) is 13.6 Å². The first-order valence-electron chi connectivity index (χ1n) is 7.07. The van der Waals surface area contributed by atoms with Crippen LogP contribution in [0.25, 0.3) is 0 Å². The van der Waals surface area contributed by atoms with Crippen LogP contribution >= 0.6 is 0 Å². The van der Waals surface area contributed by atoms with Gasteiger partial charge in [0.15, 0.2) is 0 Å². The van der Waals surface area contributed by atoms with Crippen LogP contribution in [0, 0.1) is 17.0 Å². The van der Waals surface area contributed by atoms with E-state index in [1.807, 2.05) is 20.8 Å². The highest BCUT2D eigenvalue weighted by molar-refractivity contribution is 5.96. The molecule has 1 aromatic carbocycles. The van der Waals surface area contributed by atoms with Crippen molar-refractivity contribution in [1.82, 2.24) is 0 Å². The summed E-state index contributed by atoms with van der Waals surface area (Å²) in [6, 6.07) is 2.89. The highest BCUT2D eigenvalue weighted by Gasteiger charge is 2.46. The minimum atomic E-state index is -1.28. The fourth-order valence-corrected chi connectivity index (χ4v) is 1.89. The molecule has 1 aliphatic heterocycles. The van der Waals surface area contributed by atoms with Crippen molar-refractivity contribution in [3.8, 4) is 0 Å². The van der Waals surface area contributed by atoms with Crippen LogP contribution in [0.5, 0.6) is 0 Å². The van der Waals surface area contributed by atoms with Crippen molar-refractivity contribution in [3.63, 3.8) is 0 Å². The Labute approximate surface area is 132 Å². The van der Waals surface area contributed by atoms with Gasteiger partial charge in [0.2, 0.25) is 5.60 Å². The molecular weight excluding hydrogens is 306 g/mol. The van der Waals surface area contributed by atoms with E-state index >= 15 is 0 Å². The third-order valence-corrected chi connectivity index (χ3v) is 3.45. The Morgan fingerprint density at radius 3 is 2.74 bits per heavy atom. The average Bonchev–Trinajstić information content (AvgIpc) is 2.86. The lowest BCUT2D eigenvalue weighted by molar-refractivity contribution is -0.167. The van der Waals surface area contributed by atoms with Crippen molar-refractivity contribution >= 4 is 17.9 Å². The first-order valence-corrected chi connectivity index (χ1v) is 7.07. The van der Waals surface area contributed by atoms with Gasteiger partial charge >= 0.3 is 5.97 Å². The molecule has 0 fully saturated rings. The van der Waals surface area contributed by atoms with Gasteiger partial charge in [0.1, 0.15) is 11.6 Å². The molecule has 0 spiro atoms. The summed E-state index contributed by atoms with van der Waals surface area (Å²) in [5.41, 5.74) is -0.897. The summed E-state index contributed by atoms with van der Waals surface area (Å²) in [4.78, 5) is 22.0. The Morgan fingerprint density at radius 2 is 2.13 bits per heavy atom. The van der Waals surface area contributed by atoms with Crippen molar-refractivity contribution in [2.24, 2.45) is 15.7 Å². The lowest BCUT2D eigenvalue weighted by Gasteiger charge is -2.20. The summed E-state index contributed by atoms with van der Waals surface area (Å²) in [6.07, 6.45) is 1.21. The molecule has 124 valence electrons. The summed E-state index contributed by atoms with van der Waals surface area (Å²) in [5, 5.41) is 7.34. The molecule has 23 heavy (non-hydrogen) atoms. The van der Waals surface area contributed by atoms with E-state index in [1.54, 1.807) is 0 Å². The zero-order chi connectivity index (χ0) is 17.3. The van der Waals surface area contributed by atoms with Gasteiger partial charge in [-0.25, -0.2) is 13.6 Å². The molecule has 0 radical (unpaired) electrons. The molecule has 0 N–H and O–H groups in total. The molecule has 0 saturated carbocycles. The SMILES string of the molecule is CC(C)(C)C1=NOC(C)(C(=O)O/N=C/c2cc(F)ccc2F)C1. The second-order valence-electron chi connectivity index (χ2n) is 6.57. The molecule has 0 bridgehead atoms. The van der Waals surface area contributed by atoms with Gasteiger partial charge in [-0.1, -0.05) is 31.1 Å². The second-order valence-corrected chi connectivity index (χ2v) is 6.57. The zero-order valence-corrected chi connectivity index (χ0v) is 13.4. The lowest BCUT2D eigenvalue weighted by Crippen LogP contribution is -2.37. The largest absolute Gasteiger partial charge is 0.381 e. The Hall–Kier alpha value is -2.31. The van der Waals surface area contributed by atoms with Gasteiger partial charge < -0.3 is 9.68 Å². The Bertz CT molecular complexity index is 680. The van der Waals surface area contributed by atoms with E-state index in [-0.39, 0.29) is 17.4 Å². The number of oxime groups is 2. The van der Waals surface area contributed by atoms with Gasteiger partial charge in [0.25, 0.3) is 0 Å². The van der Waals surface area contributed by atoms with Crippen molar-refractivity contribution in [2.45, 2.75) is 39.7 Å². The summed E-state index contributed by atoms with van der Waals surface area (Å²) >= 11 is 0. The first-order chi connectivity index (χ1) is 10.6. The zero-order valence-electron chi connectivity index (χ0n) is 13.4. The lowest BCUT2D eigenvalue weighted by atomic mass is 9.84. The topological polar surface area (TPSA) is 60.2 Å². The number of hydrogen-bond donors (Lipinski definition) is 0. The maximum Gasteiger partial charge on any atom is 0.381 e. The van der Waals surface area contributed by atoms with Crippen LogP contribution in [0.15, 0.2) is 28.5 Å². The normalized spacial score (nSPS) is 21.2. The van der Waals surface area contributed by atoms with E-state index < -0.39 is 23.2 Å². The fraction of sp³-hybridized carbons (Fsp3) is 0.438. The third-order valence-electron chi connectivity index (χ3n) is 3.45. The highest BCUT2D eigenvalue weighted by Crippen LogP contribution is 2.32. The van der Waals surface area contributed by atoms with E-state index in [4.69, 9.17) is 9.68 Å². The van der Waals surface area contributed by atoms with Gasteiger partial charge in [-0.2, -0.15) is 0 Å². The van der Waals surface area contributed by atoms with Crippen LogP contribution in [-0.4, -0.2) is 23.5 Å². The van der Waals surface area contributed by atoms with Gasteiger partial charge in [-0.05, 0) is 25.1 Å². The van der Waals surface area contributed by atoms with Gasteiger partial charge in [-0.3, -0.25) is 0 Å². The maximum absolute atomic E-state index is 13.4. The van der Waals surface area contributed by atoms with Crippen molar-refractivity contribution in [1.29, 1.82) is 0 Å². The number of halogens is 2. The standard InChI is InChI=1S/C16H18F2N2O3/c1-15(2,3)13-8-16(4,23-20-13)14(21)22-19-9-10-7-11(17)5-6-12(10)18/h5-7,9H,8H2,1-4H3/b19-9+. The molecule has 0 saturated heterocycles. The van der Waals surface area contributed by atoms with Gasteiger partial charge in [0, 0.05) is 17.4 Å². The van der Waals surface area contributed by atoms with Crippen molar-refractivity contribution < 1.29 is 23.3 Å². The predicted octanol–water partition coefficient (Wildman–Crippen LogP) is 3.42.